The minimum absolute atomic E-state index is 0.273. The second-order valence-corrected chi connectivity index (χ2v) is 6.34. The predicted molar refractivity (Wildman–Crippen MR) is 90.2 cm³/mol. The second-order valence-electron chi connectivity index (χ2n) is 5.40. The van der Waals surface area contributed by atoms with Gasteiger partial charge in [0.2, 0.25) is 0 Å². The highest BCUT2D eigenvalue weighted by molar-refractivity contribution is 7.11. The number of aromatic hydroxyl groups is 2. The van der Waals surface area contributed by atoms with E-state index in [1.807, 2.05) is 30.3 Å². The van der Waals surface area contributed by atoms with Crippen LogP contribution in [0.5, 0.6) is 11.5 Å². The molecule has 0 spiro atoms. The number of hydrogen-bond acceptors (Lipinski definition) is 3. The van der Waals surface area contributed by atoms with E-state index in [0.717, 1.165) is 17.5 Å². The Morgan fingerprint density at radius 1 is 0.864 bits per heavy atom. The molecule has 1 aromatic heterocycles. The first-order valence-corrected chi connectivity index (χ1v) is 7.99. The number of hydrogen-bond donors (Lipinski definition) is 2. The molecule has 0 saturated heterocycles. The van der Waals surface area contributed by atoms with Crippen LogP contribution in [0.4, 0.5) is 0 Å². The first-order valence-electron chi connectivity index (χ1n) is 7.11. The largest absolute Gasteiger partial charge is 0.508 e. The van der Waals surface area contributed by atoms with Crippen molar-refractivity contribution in [2.75, 3.05) is 0 Å². The van der Waals surface area contributed by atoms with Crippen LogP contribution in [0.2, 0.25) is 0 Å². The van der Waals surface area contributed by atoms with Gasteiger partial charge in [-0.3, -0.25) is 0 Å². The molecule has 1 aliphatic rings. The van der Waals surface area contributed by atoms with Crippen molar-refractivity contribution in [3.63, 3.8) is 0 Å². The smallest absolute Gasteiger partial charge is 0.116 e. The molecular weight excluding hydrogens is 292 g/mol. The van der Waals surface area contributed by atoms with Gasteiger partial charge >= 0.3 is 0 Å². The minimum atomic E-state index is 0.273. The van der Waals surface area contributed by atoms with Crippen LogP contribution in [0.25, 0.3) is 11.1 Å². The summed E-state index contributed by atoms with van der Waals surface area (Å²) in [5.41, 5.74) is 5.86. The van der Waals surface area contributed by atoms with Crippen LogP contribution in [-0.2, 0) is 6.42 Å². The van der Waals surface area contributed by atoms with Crippen LogP contribution in [0, 0.1) is 0 Å². The van der Waals surface area contributed by atoms with Gasteiger partial charge in [-0.05, 0) is 64.4 Å². The van der Waals surface area contributed by atoms with E-state index in [-0.39, 0.29) is 5.75 Å². The van der Waals surface area contributed by atoms with E-state index in [9.17, 15) is 10.2 Å². The molecule has 4 rings (SSSR count). The molecule has 0 bridgehead atoms. The number of benzene rings is 2. The summed E-state index contributed by atoms with van der Waals surface area (Å²) in [5, 5.41) is 21.4. The van der Waals surface area contributed by atoms with Crippen LogP contribution in [0.3, 0.4) is 0 Å². The first-order chi connectivity index (χ1) is 10.7. The Labute approximate surface area is 132 Å². The van der Waals surface area contributed by atoms with Crippen molar-refractivity contribution in [1.82, 2.24) is 0 Å². The first kappa shape index (κ1) is 13.2. The zero-order valence-corrected chi connectivity index (χ0v) is 12.6. The summed E-state index contributed by atoms with van der Waals surface area (Å²) >= 11 is 1.70. The van der Waals surface area contributed by atoms with Gasteiger partial charge in [0.25, 0.3) is 0 Å². The number of fused-ring (bicyclic) bond motifs is 1. The number of rotatable bonds is 2. The molecule has 0 aliphatic heterocycles. The van der Waals surface area contributed by atoms with Crippen molar-refractivity contribution < 1.29 is 10.2 Å². The summed E-state index contributed by atoms with van der Waals surface area (Å²) in [6.45, 7) is 0. The zero-order valence-electron chi connectivity index (χ0n) is 11.8. The maximum absolute atomic E-state index is 9.85. The fraction of sp³-hybridized carbons (Fsp3) is 0.0526. The number of phenolic OH excluding ortho intramolecular Hbond substituents is 2. The standard InChI is InChI=1S/C19H14O2S/c20-14-6-3-12(4-7-14)16-10-13-5-8-15(21)11-17(13)19(16)18-2-1-9-22-18/h1-9,11,20-21H,10H2. The molecule has 3 heteroatoms. The third kappa shape index (κ3) is 2.11. The molecule has 1 heterocycles. The molecule has 0 fully saturated rings. The maximum Gasteiger partial charge on any atom is 0.116 e. The third-order valence-corrected chi connectivity index (χ3v) is 4.90. The van der Waals surface area contributed by atoms with Gasteiger partial charge in [-0.1, -0.05) is 24.3 Å². The Morgan fingerprint density at radius 2 is 1.64 bits per heavy atom. The van der Waals surface area contributed by atoms with Crippen molar-refractivity contribution in [2.45, 2.75) is 6.42 Å². The van der Waals surface area contributed by atoms with Gasteiger partial charge in [-0.15, -0.1) is 11.3 Å². The van der Waals surface area contributed by atoms with E-state index >= 15 is 0 Å². The fourth-order valence-electron chi connectivity index (χ4n) is 3.00. The molecular formula is C19H14O2S. The summed E-state index contributed by atoms with van der Waals surface area (Å²) in [4.78, 5) is 1.20. The lowest BCUT2D eigenvalue weighted by molar-refractivity contribution is 0.474. The molecule has 22 heavy (non-hydrogen) atoms. The number of thiophene rings is 1. The Bertz CT molecular complexity index is 859. The summed E-state index contributed by atoms with van der Waals surface area (Å²) in [7, 11) is 0. The summed E-state index contributed by atoms with van der Waals surface area (Å²) < 4.78 is 0. The average molecular weight is 306 g/mol. The number of phenols is 2. The molecule has 0 unspecified atom stereocenters. The lowest BCUT2D eigenvalue weighted by Crippen LogP contribution is -1.86. The topological polar surface area (TPSA) is 40.5 Å². The molecule has 1 aliphatic carbocycles. The van der Waals surface area contributed by atoms with Gasteiger partial charge < -0.3 is 10.2 Å². The Hall–Kier alpha value is -2.52. The molecule has 108 valence electrons. The molecule has 3 aromatic rings. The minimum Gasteiger partial charge on any atom is -0.508 e. The van der Waals surface area contributed by atoms with Crippen LogP contribution >= 0.6 is 11.3 Å². The van der Waals surface area contributed by atoms with Crippen LogP contribution in [0.15, 0.2) is 60.0 Å². The molecule has 0 atom stereocenters. The predicted octanol–water partition coefficient (Wildman–Crippen LogP) is 4.67. The van der Waals surface area contributed by atoms with Gasteiger partial charge in [-0.2, -0.15) is 0 Å². The summed E-state index contributed by atoms with van der Waals surface area (Å²) in [5.74, 6) is 0.565. The van der Waals surface area contributed by atoms with E-state index in [2.05, 4.69) is 11.4 Å². The molecule has 0 amide bonds. The Morgan fingerprint density at radius 3 is 2.36 bits per heavy atom. The highest BCUT2D eigenvalue weighted by atomic mass is 32.1. The highest BCUT2D eigenvalue weighted by Crippen LogP contribution is 2.44. The highest BCUT2D eigenvalue weighted by Gasteiger charge is 2.24. The van der Waals surface area contributed by atoms with Crippen LogP contribution < -0.4 is 0 Å². The molecule has 0 radical (unpaired) electrons. The molecule has 2 nitrogen and oxygen atoms in total. The number of allylic oxidation sites excluding steroid dienone is 1. The van der Waals surface area contributed by atoms with Gasteiger partial charge in [0, 0.05) is 10.5 Å². The third-order valence-electron chi connectivity index (χ3n) is 4.02. The van der Waals surface area contributed by atoms with Crippen LogP contribution in [0.1, 0.15) is 21.6 Å². The van der Waals surface area contributed by atoms with Crippen LogP contribution in [-0.4, -0.2) is 10.2 Å². The lowest BCUT2D eigenvalue weighted by Gasteiger charge is -2.08. The fourth-order valence-corrected chi connectivity index (χ4v) is 3.82. The Kier molecular flexibility index (Phi) is 3.01. The maximum atomic E-state index is 9.85. The summed E-state index contributed by atoms with van der Waals surface area (Å²) in [6, 6.07) is 17.1. The van der Waals surface area contributed by atoms with Crippen molar-refractivity contribution in [1.29, 1.82) is 0 Å². The Balaban J connectivity index is 1.95. The van der Waals surface area contributed by atoms with E-state index in [4.69, 9.17) is 0 Å². The second kappa shape index (κ2) is 5.04. The van der Waals surface area contributed by atoms with Crippen molar-refractivity contribution in [2.24, 2.45) is 0 Å². The van der Waals surface area contributed by atoms with Gasteiger partial charge in [-0.25, -0.2) is 0 Å². The molecule has 0 saturated carbocycles. The van der Waals surface area contributed by atoms with Gasteiger partial charge in [0.15, 0.2) is 0 Å². The van der Waals surface area contributed by atoms with E-state index in [1.165, 1.54) is 21.6 Å². The zero-order chi connectivity index (χ0) is 15.1. The van der Waals surface area contributed by atoms with Crippen molar-refractivity contribution in [3.05, 3.63) is 81.5 Å². The monoisotopic (exact) mass is 306 g/mol. The molecule has 2 N–H and O–H groups in total. The average Bonchev–Trinajstić information content (AvgIpc) is 3.14. The quantitative estimate of drug-likeness (QED) is 0.722. The van der Waals surface area contributed by atoms with E-state index in [0.29, 0.717) is 5.75 Å². The van der Waals surface area contributed by atoms with E-state index in [1.54, 1.807) is 29.5 Å². The summed E-state index contributed by atoms with van der Waals surface area (Å²) in [6.07, 6.45) is 0.841. The van der Waals surface area contributed by atoms with Crippen molar-refractivity contribution in [3.8, 4) is 11.5 Å². The molecule has 2 aromatic carbocycles. The van der Waals surface area contributed by atoms with Gasteiger partial charge in [0.1, 0.15) is 11.5 Å². The van der Waals surface area contributed by atoms with Gasteiger partial charge in [0.05, 0.1) is 0 Å². The van der Waals surface area contributed by atoms with Crippen molar-refractivity contribution >= 4 is 22.5 Å². The normalized spacial score (nSPS) is 13.5. The van der Waals surface area contributed by atoms with E-state index < -0.39 is 0 Å². The lowest BCUT2D eigenvalue weighted by atomic mass is 9.99. The SMILES string of the molecule is Oc1ccc(C2=C(c3cccs3)c3cc(O)ccc3C2)cc1.